The van der Waals surface area contributed by atoms with Crippen LogP contribution in [-0.4, -0.2) is 37.1 Å². The summed E-state index contributed by atoms with van der Waals surface area (Å²) in [6, 6.07) is 1.59. The molecule has 2 nitrogen and oxygen atoms in total. The number of rotatable bonds is 3. The van der Waals surface area contributed by atoms with E-state index in [0.717, 1.165) is 18.0 Å². The molecule has 82 valence electrons. The summed E-state index contributed by atoms with van der Waals surface area (Å²) in [5.41, 5.74) is 0. The van der Waals surface area contributed by atoms with Gasteiger partial charge in [-0.1, -0.05) is 6.42 Å². The molecule has 0 aromatic carbocycles. The summed E-state index contributed by atoms with van der Waals surface area (Å²) < 4.78 is 0. The molecule has 2 aliphatic rings. The first-order chi connectivity index (χ1) is 6.79. The molecule has 1 heterocycles. The lowest BCUT2D eigenvalue weighted by Crippen LogP contribution is -2.50. The minimum Gasteiger partial charge on any atom is -0.315 e. The molecule has 1 saturated carbocycles. The molecule has 1 saturated heterocycles. The lowest BCUT2D eigenvalue weighted by atomic mass is 9.79. The second kappa shape index (κ2) is 4.63. The largest absolute Gasteiger partial charge is 0.315 e. The highest BCUT2D eigenvalue weighted by Crippen LogP contribution is 2.32. The molecule has 2 heteroatoms. The van der Waals surface area contributed by atoms with Crippen molar-refractivity contribution in [2.75, 3.05) is 20.1 Å². The topological polar surface area (TPSA) is 15.3 Å². The summed E-state index contributed by atoms with van der Waals surface area (Å²) in [4.78, 5) is 2.62. The van der Waals surface area contributed by atoms with Crippen molar-refractivity contribution >= 4 is 0 Å². The van der Waals surface area contributed by atoms with E-state index in [9.17, 15) is 0 Å². The Morgan fingerprint density at radius 1 is 1.21 bits per heavy atom. The third-order valence-electron chi connectivity index (χ3n) is 4.32. The van der Waals surface area contributed by atoms with Crippen molar-refractivity contribution < 1.29 is 0 Å². The Labute approximate surface area is 88.1 Å². The third-order valence-corrected chi connectivity index (χ3v) is 4.32. The molecular weight excluding hydrogens is 172 g/mol. The average molecular weight is 196 g/mol. The van der Waals surface area contributed by atoms with Gasteiger partial charge in [-0.3, -0.25) is 4.90 Å². The van der Waals surface area contributed by atoms with Crippen molar-refractivity contribution in [3.8, 4) is 0 Å². The standard InChI is InChI=1S/C12H24N2/c1-10(11-5-3-6-11)14(2)12-7-4-8-13-9-12/h10-13H,3-9H2,1-2H3. The van der Waals surface area contributed by atoms with Crippen molar-refractivity contribution in [2.45, 2.75) is 51.1 Å². The van der Waals surface area contributed by atoms with Crippen LogP contribution in [0.15, 0.2) is 0 Å². The van der Waals surface area contributed by atoms with Gasteiger partial charge in [-0.25, -0.2) is 0 Å². The Morgan fingerprint density at radius 2 is 2.00 bits per heavy atom. The lowest BCUT2D eigenvalue weighted by Gasteiger charge is -2.42. The van der Waals surface area contributed by atoms with Gasteiger partial charge in [0.15, 0.2) is 0 Å². The second-order valence-corrected chi connectivity index (χ2v) is 5.10. The van der Waals surface area contributed by atoms with Gasteiger partial charge >= 0.3 is 0 Å². The van der Waals surface area contributed by atoms with E-state index in [4.69, 9.17) is 0 Å². The fourth-order valence-corrected chi connectivity index (χ4v) is 2.77. The van der Waals surface area contributed by atoms with Crippen LogP contribution in [0.4, 0.5) is 0 Å². The van der Waals surface area contributed by atoms with Gasteiger partial charge in [0, 0.05) is 18.6 Å². The molecule has 2 unspecified atom stereocenters. The summed E-state index contributed by atoms with van der Waals surface area (Å²) in [6.45, 7) is 4.84. The van der Waals surface area contributed by atoms with E-state index in [1.165, 1.54) is 45.2 Å². The van der Waals surface area contributed by atoms with Gasteiger partial charge in [-0.2, -0.15) is 0 Å². The van der Waals surface area contributed by atoms with E-state index in [1.54, 1.807) is 0 Å². The van der Waals surface area contributed by atoms with E-state index < -0.39 is 0 Å². The Bertz CT molecular complexity index is 169. The Hall–Kier alpha value is -0.0800. The van der Waals surface area contributed by atoms with Gasteiger partial charge in [0.05, 0.1) is 0 Å². The van der Waals surface area contributed by atoms with Crippen molar-refractivity contribution in [2.24, 2.45) is 5.92 Å². The molecule has 2 rings (SSSR count). The molecule has 14 heavy (non-hydrogen) atoms. The average Bonchev–Trinajstić information content (AvgIpc) is 2.15. The van der Waals surface area contributed by atoms with Crippen LogP contribution in [0, 0.1) is 5.92 Å². The van der Waals surface area contributed by atoms with E-state index in [1.807, 2.05) is 0 Å². The maximum Gasteiger partial charge on any atom is 0.0221 e. The van der Waals surface area contributed by atoms with Crippen molar-refractivity contribution in [1.82, 2.24) is 10.2 Å². The lowest BCUT2D eigenvalue weighted by molar-refractivity contribution is 0.0820. The number of hydrogen-bond acceptors (Lipinski definition) is 2. The van der Waals surface area contributed by atoms with Gasteiger partial charge in [0.1, 0.15) is 0 Å². The van der Waals surface area contributed by atoms with Crippen LogP contribution >= 0.6 is 0 Å². The molecule has 0 aromatic heterocycles. The molecule has 2 fully saturated rings. The molecule has 0 amide bonds. The molecule has 2 atom stereocenters. The predicted octanol–water partition coefficient (Wildman–Crippen LogP) is 1.86. The molecular formula is C12H24N2. The molecule has 0 aromatic rings. The Balaban J connectivity index is 1.82. The Morgan fingerprint density at radius 3 is 2.50 bits per heavy atom. The zero-order chi connectivity index (χ0) is 9.97. The summed E-state index contributed by atoms with van der Waals surface area (Å²) in [5, 5.41) is 3.50. The van der Waals surface area contributed by atoms with Gasteiger partial charge in [0.2, 0.25) is 0 Å². The van der Waals surface area contributed by atoms with E-state index in [-0.39, 0.29) is 0 Å². The first kappa shape index (κ1) is 10.4. The number of piperidine rings is 1. The molecule has 1 aliphatic heterocycles. The van der Waals surface area contributed by atoms with Crippen molar-refractivity contribution in [3.63, 3.8) is 0 Å². The predicted molar refractivity (Wildman–Crippen MR) is 60.5 cm³/mol. The van der Waals surface area contributed by atoms with Crippen LogP contribution in [0.1, 0.15) is 39.0 Å². The van der Waals surface area contributed by atoms with E-state index in [2.05, 4.69) is 24.2 Å². The van der Waals surface area contributed by atoms with Crippen LogP contribution in [0.25, 0.3) is 0 Å². The minimum atomic E-state index is 0.791. The fourth-order valence-electron chi connectivity index (χ4n) is 2.77. The highest BCUT2D eigenvalue weighted by atomic mass is 15.2. The fraction of sp³-hybridized carbons (Fsp3) is 1.00. The first-order valence-electron chi connectivity index (χ1n) is 6.21. The van der Waals surface area contributed by atoms with Crippen LogP contribution in [0.5, 0.6) is 0 Å². The maximum atomic E-state index is 3.50. The first-order valence-corrected chi connectivity index (χ1v) is 6.21. The number of nitrogens with zero attached hydrogens (tertiary/aromatic N) is 1. The smallest absolute Gasteiger partial charge is 0.0221 e. The van der Waals surface area contributed by atoms with Crippen molar-refractivity contribution in [3.05, 3.63) is 0 Å². The molecule has 1 aliphatic carbocycles. The normalized spacial score (nSPS) is 31.5. The highest BCUT2D eigenvalue weighted by Gasteiger charge is 2.30. The van der Waals surface area contributed by atoms with Gasteiger partial charge < -0.3 is 5.32 Å². The van der Waals surface area contributed by atoms with E-state index >= 15 is 0 Å². The van der Waals surface area contributed by atoms with Gasteiger partial charge in [0.25, 0.3) is 0 Å². The number of likely N-dealkylation sites (N-methyl/N-ethyl adjacent to an activating group) is 1. The zero-order valence-electron chi connectivity index (χ0n) is 9.63. The molecule has 0 bridgehead atoms. The van der Waals surface area contributed by atoms with E-state index in [0.29, 0.717) is 0 Å². The number of hydrogen-bond donors (Lipinski definition) is 1. The minimum absolute atomic E-state index is 0.791. The monoisotopic (exact) mass is 196 g/mol. The summed E-state index contributed by atoms with van der Waals surface area (Å²) >= 11 is 0. The summed E-state index contributed by atoms with van der Waals surface area (Å²) in [7, 11) is 2.32. The SMILES string of the molecule is CC(C1CCC1)N(C)C1CCCNC1. The highest BCUT2D eigenvalue weighted by molar-refractivity contribution is 4.85. The molecule has 1 N–H and O–H groups in total. The Kier molecular flexibility index (Phi) is 3.45. The van der Waals surface area contributed by atoms with Gasteiger partial charge in [-0.15, -0.1) is 0 Å². The van der Waals surface area contributed by atoms with Crippen LogP contribution in [-0.2, 0) is 0 Å². The maximum absolute atomic E-state index is 3.50. The van der Waals surface area contributed by atoms with Crippen molar-refractivity contribution in [1.29, 1.82) is 0 Å². The molecule has 0 radical (unpaired) electrons. The second-order valence-electron chi connectivity index (χ2n) is 5.10. The van der Waals surface area contributed by atoms with Crippen LogP contribution in [0.2, 0.25) is 0 Å². The van der Waals surface area contributed by atoms with Crippen LogP contribution in [0.3, 0.4) is 0 Å². The van der Waals surface area contributed by atoms with Gasteiger partial charge in [-0.05, 0) is 52.1 Å². The third kappa shape index (κ3) is 2.12. The molecule has 0 spiro atoms. The quantitative estimate of drug-likeness (QED) is 0.741. The van der Waals surface area contributed by atoms with Crippen LogP contribution < -0.4 is 5.32 Å². The number of nitrogens with one attached hydrogen (secondary N) is 1. The summed E-state index contributed by atoms with van der Waals surface area (Å²) in [6.07, 6.45) is 7.13. The summed E-state index contributed by atoms with van der Waals surface area (Å²) in [5.74, 6) is 0.988. The zero-order valence-corrected chi connectivity index (χ0v) is 9.63.